The predicted octanol–water partition coefficient (Wildman–Crippen LogP) is 5.93. The highest BCUT2D eigenvalue weighted by atomic mass is 127. The fourth-order valence-electron chi connectivity index (χ4n) is 5.99. The number of carbonyl (C=O) groups excluding carboxylic acids is 1. The van der Waals surface area contributed by atoms with Crippen LogP contribution in [0, 0.1) is 25.4 Å². The van der Waals surface area contributed by atoms with Gasteiger partial charge in [0.1, 0.15) is 22.9 Å². The lowest BCUT2D eigenvalue weighted by molar-refractivity contribution is -0.385. The SMILES string of the molecule is C[C@H](Oc1nc2c(F)c(Br)c(I)cc2c(NC2C3CC2N(C(=O)OC(C)(C)C)C3)c1[N+](=O)[O-])[C@@H]1CCCN1C. The highest BCUT2D eigenvalue weighted by Crippen LogP contribution is 2.48. The number of nitro groups is 1. The Kier molecular flexibility index (Phi) is 7.63. The second-order valence-corrected chi connectivity index (χ2v) is 13.6. The van der Waals surface area contributed by atoms with Crippen LogP contribution in [0.3, 0.4) is 0 Å². The van der Waals surface area contributed by atoms with E-state index >= 15 is 4.39 Å². The quantitative estimate of drug-likeness (QED) is 0.169. The van der Waals surface area contributed by atoms with Crippen LogP contribution in [-0.4, -0.2) is 75.8 Å². The largest absolute Gasteiger partial charge is 0.468 e. The number of nitrogens with one attached hydrogen (secondary N) is 1. The number of pyridine rings is 1. The number of halogens is 3. The zero-order chi connectivity index (χ0) is 28.4. The van der Waals surface area contributed by atoms with Gasteiger partial charge in [-0.1, -0.05) is 0 Å². The molecule has 4 aliphatic rings. The van der Waals surface area contributed by atoms with E-state index in [0.29, 0.717) is 15.5 Å². The second kappa shape index (κ2) is 10.4. The van der Waals surface area contributed by atoms with Gasteiger partial charge in [-0.25, -0.2) is 14.2 Å². The molecule has 13 heteroatoms. The van der Waals surface area contributed by atoms with E-state index in [-0.39, 0.29) is 51.3 Å². The van der Waals surface area contributed by atoms with Crippen molar-refractivity contribution in [2.75, 3.05) is 25.5 Å². The Morgan fingerprint density at radius 1 is 1.41 bits per heavy atom. The molecule has 1 aliphatic carbocycles. The van der Waals surface area contributed by atoms with Crippen molar-refractivity contribution in [3.8, 4) is 5.88 Å². The van der Waals surface area contributed by atoms with Gasteiger partial charge in [-0.05, 0) is 105 Å². The zero-order valence-electron chi connectivity index (χ0n) is 22.5. The van der Waals surface area contributed by atoms with E-state index < -0.39 is 28.5 Å². The Morgan fingerprint density at radius 2 is 2.13 bits per heavy atom. The van der Waals surface area contributed by atoms with Crippen molar-refractivity contribution in [3.05, 3.63) is 30.0 Å². The standard InChI is InChI=1S/C26H32BrFIN5O5/c1-12(16-7-6-8-32(16)5)38-24-23(34(36)37)22(14-10-15(29)18(27)19(28)21(14)31-24)30-20-13-9-17(20)33(11-13)25(35)39-26(2,3)4/h10,12-13,16-17,20H,6-9,11H2,1-5H3,(H,30,31)/t12-,13?,16-,17?,20?/m0/s1. The Balaban J connectivity index is 1.55. The van der Waals surface area contributed by atoms with Crippen LogP contribution >= 0.6 is 38.5 Å². The first-order chi connectivity index (χ1) is 18.3. The van der Waals surface area contributed by atoms with E-state index in [1.807, 2.05) is 57.3 Å². The van der Waals surface area contributed by atoms with Gasteiger partial charge in [-0.15, -0.1) is 0 Å². The summed E-state index contributed by atoms with van der Waals surface area (Å²) < 4.78 is 28.0. The van der Waals surface area contributed by atoms with Crippen molar-refractivity contribution in [1.82, 2.24) is 14.8 Å². The van der Waals surface area contributed by atoms with Gasteiger partial charge in [0.15, 0.2) is 5.82 Å². The van der Waals surface area contributed by atoms with Crippen molar-refractivity contribution in [2.45, 2.75) is 76.8 Å². The normalized spacial score (nSPS) is 25.5. The van der Waals surface area contributed by atoms with E-state index in [1.54, 1.807) is 11.0 Å². The molecule has 4 heterocycles. The van der Waals surface area contributed by atoms with E-state index in [4.69, 9.17) is 9.47 Å². The number of hydrogen-bond donors (Lipinski definition) is 1. The number of likely N-dealkylation sites (N-methyl/N-ethyl adjacent to an activating group) is 1. The molecule has 3 aliphatic heterocycles. The topological polar surface area (TPSA) is 110 Å². The van der Waals surface area contributed by atoms with E-state index in [9.17, 15) is 14.9 Å². The minimum absolute atomic E-state index is 0.0203. The van der Waals surface area contributed by atoms with Crippen LogP contribution in [0.15, 0.2) is 10.5 Å². The van der Waals surface area contributed by atoms with Gasteiger partial charge in [0, 0.05) is 27.5 Å². The lowest BCUT2D eigenvalue weighted by Crippen LogP contribution is -2.50. The molecular formula is C26H32BrFIN5O5. The summed E-state index contributed by atoms with van der Waals surface area (Å²) in [4.78, 5) is 33.0. The highest BCUT2D eigenvalue weighted by molar-refractivity contribution is 14.1. The van der Waals surface area contributed by atoms with E-state index in [2.05, 4.69) is 31.1 Å². The van der Waals surface area contributed by atoms with Gasteiger partial charge in [0.25, 0.3) is 5.88 Å². The van der Waals surface area contributed by atoms with Crippen LogP contribution in [0.5, 0.6) is 5.88 Å². The molecule has 5 atom stereocenters. The maximum atomic E-state index is 15.5. The monoisotopic (exact) mass is 719 g/mol. The van der Waals surface area contributed by atoms with Gasteiger partial charge in [0.05, 0.1) is 21.5 Å². The summed E-state index contributed by atoms with van der Waals surface area (Å²) in [5.41, 5.74) is -0.831. The second-order valence-electron chi connectivity index (χ2n) is 11.7. The van der Waals surface area contributed by atoms with Crippen LogP contribution in [0.1, 0.15) is 47.0 Å². The lowest BCUT2D eigenvalue weighted by atomic mass is 9.79. The average molecular weight is 720 g/mol. The first-order valence-electron chi connectivity index (χ1n) is 13.1. The van der Waals surface area contributed by atoms with E-state index in [0.717, 1.165) is 25.8 Å². The third kappa shape index (κ3) is 5.25. The molecule has 1 saturated carbocycles. The molecule has 10 nitrogen and oxygen atoms in total. The Bertz CT molecular complexity index is 1340. The van der Waals surface area contributed by atoms with Crippen LogP contribution in [-0.2, 0) is 4.74 Å². The minimum Gasteiger partial charge on any atom is -0.468 e. The molecule has 1 amide bonds. The summed E-state index contributed by atoms with van der Waals surface area (Å²) in [5.74, 6) is -0.747. The number of ether oxygens (including phenoxy) is 2. The smallest absolute Gasteiger partial charge is 0.410 e. The first kappa shape index (κ1) is 28.5. The fraction of sp³-hybridized carbons (Fsp3) is 0.615. The molecule has 4 fully saturated rings. The number of anilines is 1. The van der Waals surface area contributed by atoms with Gasteiger partial charge < -0.3 is 19.7 Å². The number of nitrogens with zero attached hydrogens (tertiary/aromatic N) is 4. The molecule has 6 rings (SSSR count). The van der Waals surface area contributed by atoms with Crippen molar-refractivity contribution in [1.29, 1.82) is 0 Å². The summed E-state index contributed by atoms with van der Waals surface area (Å²) in [6, 6.07) is 1.30. The number of amides is 1. The van der Waals surface area contributed by atoms with Gasteiger partial charge >= 0.3 is 11.8 Å². The first-order valence-corrected chi connectivity index (χ1v) is 14.9. The average Bonchev–Trinajstić information content (AvgIpc) is 3.55. The Morgan fingerprint density at radius 3 is 2.74 bits per heavy atom. The summed E-state index contributed by atoms with van der Waals surface area (Å²) >= 11 is 5.26. The maximum Gasteiger partial charge on any atom is 0.410 e. The fourth-order valence-corrected chi connectivity index (χ4v) is 6.84. The molecule has 3 saturated heterocycles. The Hall–Kier alpha value is -2.00. The molecule has 2 aromatic rings. The number of rotatable bonds is 6. The van der Waals surface area contributed by atoms with Crippen molar-refractivity contribution in [3.63, 3.8) is 0 Å². The molecule has 1 N–H and O–H groups in total. The molecule has 1 aromatic carbocycles. The van der Waals surface area contributed by atoms with Crippen LogP contribution in [0.25, 0.3) is 10.9 Å². The van der Waals surface area contributed by atoms with Gasteiger partial charge in [-0.3, -0.25) is 15.0 Å². The van der Waals surface area contributed by atoms with Crippen molar-refractivity contribution in [2.24, 2.45) is 5.92 Å². The van der Waals surface area contributed by atoms with Gasteiger partial charge in [0.2, 0.25) is 0 Å². The van der Waals surface area contributed by atoms with Crippen LogP contribution < -0.4 is 10.1 Å². The molecule has 39 heavy (non-hydrogen) atoms. The van der Waals surface area contributed by atoms with Crippen molar-refractivity contribution >= 4 is 66.9 Å². The zero-order valence-corrected chi connectivity index (χ0v) is 26.2. The summed E-state index contributed by atoms with van der Waals surface area (Å²) in [6.07, 6.45) is 1.87. The molecule has 0 radical (unpaired) electrons. The highest BCUT2D eigenvalue weighted by Gasteiger charge is 2.55. The predicted molar refractivity (Wildman–Crippen MR) is 157 cm³/mol. The van der Waals surface area contributed by atoms with Crippen molar-refractivity contribution < 1.29 is 23.6 Å². The lowest BCUT2D eigenvalue weighted by Gasteiger charge is -2.38. The number of aromatic nitrogens is 1. The summed E-state index contributed by atoms with van der Waals surface area (Å²) in [6.45, 7) is 8.70. The molecule has 3 unspecified atom stereocenters. The number of carbonyl (C=O) groups is 1. The third-order valence-electron chi connectivity index (χ3n) is 7.89. The van der Waals surface area contributed by atoms with Gasteiger partial charge in [-0.2, -0.15) is 0 Å². The van der Waals surface area contributed by atoms with E-state index in [1.165, 1.54) is 0 Å². The molecular weight excluding hydrogens is 688 g/mol. The number of hydrogen-bond acceptors (Lipinski definition) is 8. The number of benzene rings is 1. The van der Waals surface area contributed by atoms with Crippen LogP contribution in [0.4, 0.5) is 20.6 Å². The molecule has 0 spiro atoms. The molecule has 1 aromatic heterocycles. The van der Waals surface area contributed by atoms with Crippen LogP contribution in [0.2, 0.25) is 0 Å². The Labute approximate surface area is 248 Å². The summed E-state index contributed by atoms with van der Waals surface area (Å²) in [7, 11) is 1.99. The molecule has 212 valence electrons. The molecule has 2 bridgehead atoms. The number of fused-ring (bicyclic) bond motifs is 2. The maximum absolute atomic E-state index is 15.5. The summed E-state index contributed by atoms with van der Waals surface area (Å²) in [5, 5.41) is 16.2. The third-order valence-corrected chi connectivity index (χ3v) is 10.3. The minimum atomic E-state index is -0.634. The number of likely N-dealkylation sites (tertiary alicyclic amines) is 1.